The first-order valence-electron chi connectivity index (χ1n) is 5.30. The molecular weight excluding hydrogens is 208 g/mol. The molecule has 0 aromatic carbocycles. The number of hydrogen-bond acceptors (Lipinski definition) is 5. The van der Waals surface area contributed by atoms with Crippen LogP contribution in [0.5, 0.6) is 0 Å². The van der Waals surface area contributed by atoms with E-state index in [-0.39, 0.29) is 0 Å². The fourth-order valence-corrected chi connectivity index (χ4v) is 2.55. The van der Waals surface area contributed by atoms with Crippen molar-refractivity contribution in [3.63, 3.8) is 0 Å². The molecule has 0 amide bonds. The van der Waals surface area contributed by atoms with Gasteiger partial charge in [0.25, 0.3) is 0 Å². The first-order valence-corrected chi connectivity index (χ1v) is 6.18. The molecule has 0 aliphatic carbocycles. The van der Waals surface area contributed by atoms with E-state index in [4.69, 9.17) is 0 Å². The Labute approximate surface area is 94.9 Å². The summed E-state index contributed by atoms with van der Waals surface area (Å²) in [5.41, 5.74) is 0. The molecule has 1 aliphatic rings. The van der Waals surface area contributed by atoms with Crippen LogP contribution in [-0.4, -0.2) is 50.2 Å². The molecule has 0 spiro atoms. The minimum Gasteiger partial charge on any atom is -0.362 e. The molecule has 1 aliphatic heterocycles. The normalized spacial score (nSPS) is 18.0. The molecule has 2 rings (SSSR count). The van der Waals surface area contributed by atoms with Crippen molar-refractivity contribution in [3.05, 3.63) is 10.4 Å². The fourth-order valence-electron chi connectivity index (χ4n) is 1.64. The van der Waals surface area contributed by atoms with Crippen molar-refractivity contribution in [3.8, 4) is 0 Å². The van der Waals surface area contributed by atoms with E-state index in [0.29, 0.717) is 0 Å². The molecule has 84 valence electrons. The van der Waals surface area contributed by atoms with Gasteiger partial charge in [-0.05, 0) is 0 Å². The molecule has 0 bridgehead atoms. The predicted octanol–water partition coefficient (Wildman–Crippen LogP) is 0.614. The number of aromatic nitrogens is 1. The lowest BCUT2D eigenvalue weighted by atomic mass is 10.3. The van der Waals surface area contributed by atoms with Gasteiger partial charge < -0.3 is 10.2 Å². The molecule has 1 fully saturated rings. The maximum atomic E-state index is 4.59. The summed E-state index contributed by atoms with van der Waals surface area (Å²) in [5.74, 6) is 1.07. The van der Waals surface area contributed by atoms with Crippen molar-refractivity contribution in [2.45, 2.75) is 6.54 Å². The van der Waals surface area contributed by atoms with Crippen LogP contribution in [0.25, 0.3) is 0 Å². The van der Waals surface area contributed by atoms with Gasteiger partial charge in [-0.15, -0.1) is 11.3 Å². The zero-order chi connectivity index (χ0) is 10.7. The molecule has 4 nitrogen and oxygen atoms in total. The first-order chi connectivity index (χ1) is 7.25. The van der Waals surface area contributed by atoms with E-state index in [1.807, 2.05) is 14.1 Å². The largest absolute Gasteiger partial charge is 0.362 e. The summed E-state index contributed by atoms with van der Waals surface area (Å²) in [6.07, 6.45) is 0. The van der Waals surface area contributed by atoms with Crippen LogP contribution in [0, 0.1) is 0 Å². The third-order valence-electron chi connectivity index (χ3n) is 2.57. The summed E-state index contributed by atoms with van der Waals surface area (Å²) in [7, 11) is 4.06. The summed E-state index contributed by atoms with van der Waals surface area (Å²) in [6, 6.07) is 0. The van der Waals surface area contributed by atoms with Crippen molar-refractivity contribution in [1.82, 2.24) is 15.2 Å². The molecule has 0 saturated carbocycles. The van der Waals surface area contributed by atoms with Crippen LogP contribution in [-0.2, 0) is 6.54 Å². The van der Waals surface area contributed by atoms with Crippen molar-refractivity contribution in [1.29, 1.82) is 0 Å². The molecule has 0 atom stereocenters. The second-order valence-electron chi connectivity index (χ2n) is 4.02. The van der Waals surface area contributed by atoms with Crippen LogP contribution in [0.2, 0.25) is 0 Å². The molecule has 1 aromatic rings. The average molecular weight is 226 g/mol. The molecule has 1 aromatic heterocycles. The lowest BCUT2D eigenvalue weighted by molar-refractivity contribution is 0.233. The SMILES string of the molecule is CN(C)c1csc(CN2CCNCC2)n1. The second kappa shape index (κ2) is 4.92. The molecule has 1 N–H and O–H groups in total. The summed E-state index contributed by atoms with van der Waals surface area (Å²) < 4.78 is 0. The van der Waals surface area contributed by atoms with Gasteiger partial charge in [-0.1, -0.05) is 0 Å². The number of piperazine rings is 1. The fraction of sp³-hybridized carbons (Fsp3) is 0.700. The van der Waals surface area contributed by atoms with E-state index in [1.54, 1.807) is 11.3 Å². The summed E-state index contributed by atoms with van der Waals surface area (Å²) in [4.78, 5) is 9.09. The standard InChI is InChI=1S/C10H18N4S/c1-13(2)9-8-15-10(12-9)7-14-5-3-11-4-6-14/h8,11H,3-7H2,1-2H3. The Kier molecular flexibility index (Phi) is 3.56. The van der Waals surface area contributed by atoms with Gasteiger partial charge >= 0.3 is 0 Å². The Balaban J connectivity index is 1.91. The minimum atomic E-state index is 1.00. The van der Waals surface area contributed by atoms with Crippen LogP contribution in [0.3, 0.4) is 0 Å². The van der Waals surface area contributed by atoms with Crippen molar-refractivity contribution < 1.29 is 0 Å². The van der Waals surface area contributed by atoms with E-state index < -0.39 is 0 Å². The van der Waals surface area contributed by atoms with Crippen LogP contribution >= 0.6 is 11.3 Å². The lowest BCUT2D eigenvalue weighted by Gasteiger charge is -2.26. The van der Waals surface area contributed by atoms with E-state index in [2.05, 4.69) is 25.5 Å². The van der Waals surface area contributed by atoms with E-state index in [9.17, 15) is 0 Å². The molecule has 0 radical (unpaired) electrons. The van der Waals surface area contributed by atoms with Gasteiger partial charge in [-0.3, -0.25) is 4.90 Å². The van der Waals surface area contributed by atoms with E-state index in [1.165, 1.54) is 5.01 Å². The van der Waals surface area contributed by atoms with Gasteiger partial charge in [-0.25, -0.2) is 4.98 Å². The third kappa shape index (κ3) is 2.90. The molecule has 1 saturated heterocycles. The highest BCUT2D eigenvalue weighted by molar-refractivity contribution is 7.10. The van der Waals surface area contributed by atoms with Crippen LogP contribution in [0.15, 0.2) is 5.38 Å². The summed E-state index contributed by atoms with van der Waals surface area (Å²) in [5, 5.41) is 6.70. The molecule has 2 heterocycles. The number of thiazole rings is 1. The van der Waals surface area contributed by atoms with Crippen molar-refractivity contribution in [2.75, 3.05) is 45.2 Å². The predicted molar refractivity (Wildman–Crippen MR) is 64.6 cm³/mol. The van der Waals surface area contributed by atoms with E-state index >= 15 is 0 Å². The number of hydrogen-bond donors (Lipinski definition) is 1. The summed E-state index contributed by atoms with van der Waals surface area (Å²) in [6.45, 7) is 5.48. The molecule has 15 heavy (non-hydrogen) atoms. The maximum Gasteiger partial charge on any atom is 0.139 e. The van der Waals surface area contributed by atoms with Crippen LogP contribution < -0.4 is 10.2 Å². The Morgan fingerprint density at radius 3 is 2.80 bits per heavy atom. The monoisotopic (exact) mass is 226 g/mol. The zero-order valence-electron chi connectivity index (χ0n) is 9.36. The van der Waals surface area contributed by atoms with Gasteiger partial charge in [0.1, 0.15) is 10.8 Å². The zero-order valence-corrected chi connectivity index (χ0v) is 10.2. The second-order valence-corrected chi connectivity index (χ2v) is 4.96. The van der Waals surface area contributed by atoms with Crippen LogP contribution in [0.1, 0.15) is 5.01 Å². The van der Waals surface area contributed by atoms with Crippen molar-refractivity contribution >= 4 is 17.2 Å². The molecular formula is C10H18N4S. The number of nitrogens with one attached hydrogen (secondary N) is 1. The first kappa shape index (κ1) is 10.9. The number of rotatable bonds is 3. The average Bonchev–Trinajstić information content (AvgIpc) is 2.68. The highest BCUT2D eigenvalue weighted by Gasteiger charge is 2.12. The smallest absolute Gasteiger partial charge is 0.139 e. The van der Waals surface area contributed by atoms with Gasteiger partial charge in [0.15, 0.2) is 0 Å². The highest BCUT2D eigenvalue weighted by atomic mass is 32.1. The van der Waals surface area contributed by atoms with Crippen molar-refractivity contribution in [2.24, 2.45) is 0 Å². The Morgan fingerprint density at radius 2 is 2.20 bits per heavy atom. The molecule has 5 heteroatoms. The third-order valence-corrected chi connectivity index (χ3v) is 3.39. The topological polar surface area (TPSA) is 31.4 Å². The maximum absolute atomic E-state index is 4.59. The highest BCUT2D eigenvalue weighted by Crippen LogP contribution is 2.17. The van der Waals surface area contributed by atoms with Gasteiger partial charge in [0, 0.05) is 45.7 Å². The number of nitrogens with zero attached hydrogens (tertiary/aromatic N) is 3. The Bertz CT molecular complexity index is 304. The van der Waals surface area contributed by atoms with E-state index in [0.717, 1.165) is 38.5 Å². The van der Waals surface area contributed by atoms with Gasteiger partial charge in [0.05, 0.1) is 6.54 Å². The van der Waals surface area contributed by atoms with Crippen LogP contribution in [0.4, 0.5) is 5.82 Å². The minimum absolute atomic E-state index is 1.00. The Hall–Kier alpha value is -0.650. The van der Waals surface area contributed by atoms with Gasteiger partial charge in [0.2, 0.25) is 0 Å². The molecule has 0 unspecified atom stereocenters. The number of anilines is 1. The quantitative estimate of drug-likeness (QED) is 0.818. The lowest BCUT2D eigenvalue weighted by Crippen LogP contribution is -2.42. The Morgan fingerprint density at radius 1 is 1.47 bits per heavy atom. The summed E-state index contributed by atoms with van der Waals surface area (Å²) >= 11 is 1.76. The van der Waals surface area contributed by atoms with Gasteiger partial charge in [-0.2, -0.15) is 0 Å².